The molecule has 14 heavy (non-hydrogen) atoms. The minimum atomic E-state index is -3.17. The lowest BCUT2D eigenvalue weighted by atomic mass is 10.3. The summed E-state index contributed by atoms with van der Waals surface area (Å²) in [7, 11) is -3.17. The van der Waals surface area contributed by atoms with Crippen LogP contribution in [-0.2, 0) is 0 Å². The lowest BCUT2D eigenvalue weighted by Crippen LogP contribution is -2.39. The highest BCUT2D eigenvalue weighted by Crippen LogP contribution is 2.01. The Morgan fingerprint density at radius 3 is 1.43 bits per heavy atom. The van der Waals surface area contributed by atoms with E-state index >= 15 is 0 Å². The van der Waals surface area contributed by atoms with E-state index in [2.05, 4.69) is 30.9 Å². The molecule has 0 aliphatic rings. The van der Waals surface area contributed by atoms with Crippen molar-refractivity contribution in [1.82, 2.24) is 0 Å². The predicted molar refractivity (Wildman–Crippen MR) is 60.1 cm³/mol. The van der Waals surface area contributed by atoms with Gasteiger partial charge < -0.3 is 14.4 Å². The molecule has 2 rings (SSSR count). The molecule has 0 fully saturated rings. The zero-order valence-corrected chi connectivity index (χ0v) is 10.1. The second-order valence-electron chi connectivity index (χ2n) is 1.56. The summed E-state index contributed by atoms with van der Waals surface area (Å²) >= 11 is 6.93. The molecule has 0 saturated heterocycles. The van der Waals surface area contributed by atoms with E-state index in [9.17, 15) is 4.32 Å². The first-order valence-electron chi connectivity index (χ1n) is 3.24. The lowest BCUT2D eigenvalue weighted by Gasteiger charge is -2.09. The molecule has 0 radical (unpaired) electrons. The third kappa shape index (κ3) is 14.5. The molecule has 2 nitrogen and oxygen atoms in total. The second kappa shape index (κ2) is 11.1. The van der Waals surface area contributed by atoms with Gasteiger partial charge in [-0.1, -0.05) is 0 Å². The summed E-state index contributed by atoms with van der Waals surface area (Å²) < 4.78 is 14.1. The summed E-state index contributed by atoms with van der Waals surface area (Å²) in [6.45, 7) is 0. The minimum absolute atomic E-state index is 1.73. The van der Waals surface area contributed by atoms with Gasteiger partial charge in [0.1, 0.15) is 28.9 Å². The molecule has 8 heteroatoms. The number of rotatable bonds is 0. The van der Waals surface area contributed by atoms with E-state index in [1.54, 1.807) is 45.3 Å². The molecule has 0 saturated carbocycles. The molecule has 0 bridgehead atoms. The van der Waals surface area contributed by atoms with Gasteiger partial charge in [-0.05, 0) is 0 Å². The number of hydrogen-bond donors (Lipinski definition) is 0. The first-order valence-corrected chi connectivity index (χ1v) is 7.01. The van der Waals surface area contributed by atoms with E-state index in [1.807, 2.05) is 0 Å². The summed E-state index contributed by atoms with van der Waals surface area (Å²) in [4.78, 5) is 0. The molecular formula is C6H6BFO2S4. The average Bonchev–Trinajstić information content (AvgIpc) is 2.83. The predicted octanol–water partition coefficient (Wildman–Crippen LogP) is 1.84. The van der Waals surface area contributed by atoms with E-state index in [0.29, 0.717) is 0 Å². The molecule has 0 spiro atoms. The van der Waals surface area contributed by atoms with Gasteiger partial charge in [-0.15, -0.1) is 0 Å². The highest BCUT2D eigenvalue weighted by Gasteiger charge is 1.77. The fourth-order valence-electron chi connectivity index (χ4n) is 0.321. The fourth-order valence-corrected chi connectivity index (χ4v) is 2.89. The Balaban J connectivity index is 0.000000183. The monoisotopic (exact) mass is 268 g/mol. The van der Waals surface area contributed by atoms with Crippen LogP contribution in [0.25, 0.3) is 0 Å². The maximum Gasteiger partial charge on any atom is 0.242 e. The zero-order valence-electron chi connectivity index (χ0n) is 6.87. The molecule has 0 aliphatic carbocycles. The summed E-state index contributed by atoms with van der Waals surface area (Å²) in [5.74, 6) is 0. The number of hydrogen-bond acceptors (Lipinski definition) is 4. The quantitative estimate of drug-likeness (QED) is 0.540. The zero-order chi connectivity index (χ0) is 10.6. The van der Waals surface area contributed by atoms with Crippen LogP contribution < -0.4 is 10.0 Å². The molecular weight excluding hydrogens is 262 g/mol. The van der Waals surface area contributed by atoms with E-state index in [0.717, 1.165) is 0 Å². The van der Waals surface area contributed by atoms with Crippen LogP contribution in [0.4, 0.5) is 4.32 Å². The number of halogens is 1. The van der Waals surface area contributed by atoms with E-state index < -0.39 is 7.40 Å². The summed E-state index contributed by atoms with van der Waals surface area (Å²) in [5.41, 5.74) is 0. The normalized spacial score (nSPS) is 7.64. The molecule has 2 heterocycles. The molecule has 0 amide bonds. The SMILES string of the molecule is [O-]B([O-])F.c1c[s+]cs1.c1c[s+]cs1. The Bertz CT molecular complexity index is 200. The van der Waals surface area contributed by atoms with Gasteiger partial charge in [0.25, 0.3) is 0 Å². The van der Waals surface area contributed by atoms with E-state index in [1.165, 1.54) is 0 Å². The molecule has 76 valence electrons. The van der Waals surface area contributed by atoms with Gasteiger partial charge in [0.2, 0.25) is 9.39 Å². The van der Waals surface area contributed by atoms with E-state index in [-0.39, 0.29) is 0 Å². The maximum absolute atomic E-state index is 9.89. The van der Waals surface area contributed by atoms with Crippen molar-refractivity contribution in [3.05, 3.63) is 30.9 Å². The highest BCUT2D eigenvalue weighted by molar-refractivity contribution is 7.25. The van der Waals surface area contributed by atoms with Crippen molar-refractivity contribution < 1.29 is 14.4 Å². The third-order valence-corrected chi connectivity index (χ3v) is 3.94. The van der Waals surface area contributed by atoms with Crippen LogP contribution in [0.1, 0.15) is 0 Å². The smallest absolute Gasteiger partial charge is 0.242 e. The van der Waals surface area contributed by atoms with Crippen LogP contribution in [0, 0.1) is 0 Å². The minimum Gasteiger partial charge on any atom is -0.867 e. The van der Waals surface area contributed by atoms with Gasteiger partial charge in [0.05, 0.1) is 45.3 Å². The van der Waals surface area contributed by atoms with Crippen LogP contribution in [0.2, 0.25) is 0 Å². The molecule has 2 aromatic rings. The van der Waals surface area contributed by atoms with Crippen LogP contribution >= 0.6 is 45.3 Å². The molecule has 0 aromatic carbocycles. The summed E-state index contributed by atoms with van der Waals surface area (Å²) in [6.07, 6.45) is 0. The largest absolute Gasteiger partial charge is 0.867 e. The Morgan fingerprint density at radius 2 is 1.36 bits per heavy atom. The van der Waals surface area contributed by atoms with Gasteiger partial charge in [-0.25, -0.2) is 0 Å². The van der Waals surface area contributed by atoms with Crippen molar-refractivity contribution in [1.29, 1.82) is 0 Å². The standard InChI is InChI=1S/2C3H3S2.BFO2/c2*1-2-5-3-4-1;2-1(3)4/h2*1-3H;/q2*+1;-2. The van der Waals surface area contributed by atoms with Gasteiger partial charge in [0, 0.05) is 0 Å². The van der Waals surface area contributed by atoms with Gasteiger partial charge in [-0.3, -0.25) is 0 Å². The van der Waals surface area contributed by atoms with Crippen LogP contribution in [0.5, 0.6) is 0 Å². The van der Waals surface area contributed by atoms with Crippen molar-refractivity contribution in [2.24, 2.45) is 0 Å². The maximum atomic E-state index is 9.89. The van der Waals surface area contributed by atoms with Gasteiger partial charge in [0.15, 0.2) is 0 Å². The van der Waals surface area contributed by atoms with Crippen molar-refractivity contribution in [2.75, 3.05) is 0 Å². The van der Waals surface area contributed by atoms with Crippen molar-refractivity contribution in [3.8, 4) is 0 Å². The third-order valence-electron chi connectivity index (χ3n) is 0.648. The summed E-state index contributed by atoms with van der Waals surface area (Å²) in [6, 6.07) is 0. The van der Waals surface area contributed by atoms with Crippen molar-refractivity contribution in [2.45, 2.75) is 0 Å². The Labute approximate surface area is 97.8 Å². The van der Waals surface area contributed by atoms with Crippen LogP contribution in [-0.4, -0.2) is 7.40 Å². The highest BCUT2D eigenvalue weighted by atomic mass is 32.2. The first kappa shape index (κ1) is 14.0. The Kier molecular flexibility index (Phi) is 11.1. The van der Waals surface area contributed by atoms with Crippen LogP contribution in [0.3, 0.4) is 0 Å². The molecule has 0 atom stereocenters. The van der Waals surface area contributed by atoms with E-state index in [4.69, 9.17) is 10.0 Å². The average molecular weight is 268 g/mol. The molecule has 0 N–H and O–H groups in total. The van der Waals surface area contributed by atoms with Crippen LogP contribution in [0.15, 0.2) is 30.9 Å². The van der Waals surface area contributed by atoms with Crippen molar-refractivity contribution >= 4 is 52.7 Å². The fraction of sp³-hybridized carbons (Fsp3) is 0. The molecule has 0 unspecified atom stereocenters. The Morgan fingerprint density at radius 1 is 1.00 bits per heavy atom. The topological polar surface area (TPSA) is 46.1 Å². The summed E-state index contributed by atoms with van der Waals surface area (Å²) in [5, 5.41) is 24.9. The molecule has 2 aromatic heterocycles. The Hall–Kier alpha value is 0.0149. The van der Waals surface area contributed by atoms with Gasteiger partial charge >= 0.3 is 0 Å². The molecule has 0 aliphatic heterocycles. The lowest BCUT2D eigenvalue weighted by molar-refractivity contribution is -0.366. The van der Waals surface area contributed by atoms with Crippen molar-refractivity contribution in [3.63, 3.8) is 0 Å². The second-order valence-corrected chi connectivity index (χ2v) is 5.27. The first-order chi connectivity index (χ1) is 6.73. The van der Waals surface area contributed by atoms with Gasteiger partial charge in [-0.2, -0.15) is 0 Å².